The molecule has 0 atom stereocenters. The first-order chi connectivity index (χ1) is 13.5. The number of esters is 1. The summed E-state index contributed by atoms with van der Waals surface area (Å²) in [6.07, 6.45) is 2.91. The van der Waals surface area contributed by atoms with Gasteiger partial charge in [0.1, 0.15) is 31.1 Å². The third-order valence-corrected chi connectivity index (χ3v) is 4.12. The Kier molecular flexibility index (Phi) is 6.32. The highest BCUT2D eigenvalue weighted by Crippen LogP contribution is 2.18. The van der Waals surface area contributed by atoms with Crippen LogP contribution in [0.4, 0.5) is 4.39 Å². The molecule has 28 heavy (non-hydrogen) atoms. The molecule has 0 saturated carbocycles. The second-order valence-electron chi connectivity index (χ2n) is 6.61. The quantitative estimate of drug-likeness (QED) is 0.557. The van der Waals surface area contributed by atoms with Gasteiger partial charge in [0.05, 0.1) is 11.3 Å². The zero-order valence-corrected chi connectivity index (χ0v) is 15.8. The van der Waals surface area contributed by atoms with Crippen molar-refractivity contribution in [2.45, 2.75) is 33.0 Å². The molecule has 0 fully saturated rings. The summed E-state index contributed by atoms with van der Waals surface area (Å²) in [5.74, 6) is 0.0622. The van der Waals surface area contributed by atoms with Gasteiger partial charge in [-0.15, -0.1) is 0 Å². The number of rotatable bonds is 7. The number of aromatic nitrogens is 2. The molecular weight excluding hydrogens is 359 g/mol. The SMILES string of the molecule is CC(C)c1ncncc1C(=O)OCc1ccc(OCc2ccc(F)cc2)cc1. The van der Waals surface area contributed by atoms with Crippen molar-refractivity contribution in [1.29, 1.82) is 0 Å². The third-order valence-electron chi connectivity index (χ3n) is 4.12. The molecule has 0 amide bonds. The number of carbonyl (C=O) groups excluding carboxylic acids is 1. The average Bonchev–Trinajstić information content (AvgIpc) is 2.72. The van der Waals surface area contributed by atoms with Gasteiger partial charge in [0.2, 0.25) is 0 Å². The predicted octanol–water partition coefficient (Wildman–Crippen LogP) is 4.68. The molecule has 2 aromatic carbocycles. The van der Waals surface area contributed by atoms with E-state index in [0.29, 0.717) is 23.6 Å². The number of ether oxygens (including phenoxy) is 2. The van der Waals surface area contributed by atoms with Crippen molar-refractivity contribution in [3.63, 3.8) is 0 Å². The highest BCUT2D eigenvalue weighted by atomic mass is 19.1. The van der Waals surface area contributed by atoms with Crippen molar-refractivity contribution in [3.05, 3.63) is 89.3 Å². The lowest BCUT2D eigenvalue weighted by Gasteiger charge is -2.11. The smallest absolute Gasteiger partial charge is 0.341 e. The first kappa shape index (κ1) is 19.5. The molecule has 0 aliphatic heterocycles. The third kappa shape index (κ3) is 5.13. The van der Waals surface area contributed by atoms with E-state index in [1.807, 2.05) is 26.0 Å². The summed E-state index contributed by atoms with van der Waals surface area (Å²) in [6, 6.07) is 13.4. The van der Waals surface area contributed by atoms with Crippen molar-refractivity contribution in [2.24, 2.45) is 0 Å². The highest BCUT2D eigenvalue weighted by Gasteiger charge is 2.16. The Balaban J connectivity index is 1.54. The summed E-state index contributed by atoms with van der Waals surface area (Å²) >= 11 is 0. The molecule has 6 heteroatoms. The van der Waals surface area contributed by atoms with Crippen LogP contribution in [0.5, 0.6) is 5.75 Å². The first-order valence-electron chi connectivity index (χ1n) is 8.96. The lowest BCUT2D eigenvalue weighted by atomic mass is 10.1. The van der Waals surface area contributed by atoms with Crippen LogP contribution in [0, 0.1) is 5.82 Å². The molecule has 0 N–H and O–H groups in total. The minimum Gasteiger partial charge on any atom is -0.489 e. The van der Waals surface area contributed by atoms with E-state index < -0.39 is 5.97 Å². The molecule has 0 aliphatic rings. The van der Waals surface area contributed by atoms with Crippen molar-refractivity contribution < 1.29 is 18.7 Å². The van der Waals surface area contributed by atoms with Crippen LogP contribution in [0.2, 0.25) is 0 Å². The largest absolute Gasteiger partial charge is 0.489 e. The van der Waals surface area contributed by atoms with Gasteiger partial charge in [-0.25, -0.2) is 19.2 Å². The van der Waals surface area contributed by atoms with Crippen LogP contribution in [0.1, 0.15) is 46.9 Å². The fourth-order valence-corrected chi connectivity index (χ4v) is 2.61. The van der Waals surface area contributed by atoms with Gasteiger partial charge < -0.3 is 9.47 Å². The fourth-order valence-electron chi connectivity index (χ4n) is 2.61. The predicted molar refractivity (Wildman–Crippen MR) is 102 cm³/mol. The van der Waals surface area contributed by atoms with Crippen LogP contribution >= 0.6 is 0 Å². The highest BCUT2D eigenvalue weighted by molar-refractivity contribution is 5.90. The van der Waals surface area contributed by atoms with Gasteiger partial charge >= 0.3 is 5.97 Å². The van der Waals surface area contributed by atoms with Gasteiger partial charge in [-0.1, -0.05) is 38.1 Å². The molecule has 0 radical (unpaired) electrons. The maximum Gasteiger partial charge on any atom is 0.341 e. The number of hydrogen-bond donors (Lipinski definition) is 0. The Hall–Kier alpha value is -3.28. The Morgan fingerprint density at radius 1 is 1.00 bits per heavy atom. The summed E-state index contributed by atoms with van der Waals surface area (Å²) in [5, 5.41) is 0. The minimum atomic E-state index is -0.444. The zero-order chi connectivity index (χ0) is 19.9. The van der Waals surface area contributed by atoms with Crippen molar-refractivity contribution >= 4 is 5.97 Å². The number of carbonyl (C=O) groups is 1. The number of nitrogens with zero attached hydrogens (tertiary/aromatic N) is 2. The first-order valence-corrected chi connectivity index (χ1v) is 8.96. The molecule has 1 aromatic heterocycles. The van der Waals surface area contributed by atoms with Crippen molar-refractivity contribution in [3.8, 4) is 5.75 Å². The second-order valence-corrected chi connectivity index (χ2v) is 6.61. The molecule has 144 valence electrons. The molecule has 3 rings (SSSR count). The molecule has 3 aromatic rings. The maximum absolute atomic E-state index is 12.9. The molecule has 0 saturated heterocycles. The lowest BCUT2D eigenvalue weighted by Crippen LogP contribution is -2.11. The number of hydrogen-bond acceptors (Lipinski definition) is 5. The Morgan fingerprint density at radius 2 is 1.64 bits per heavy atom. The summed E-state index contributed by atoms with van der Waals surface area (Å²) in [4.78, 5) is 20.4. The molecule has 0 bridgehead atoms. The molecule has 0 unspecified atom stereocenters. The zero-order valence-electron chi connectivity index (χ0n) is 15.8. The summed E-state index contributed by atoms with van der Waals surface area (Å²) in [7, 11) is 0. The van der Waals surface area contributed by atoms with Crippen LogP contribution < -0.4 is 4.74 Å². The van der Waals surface area contributed by atoms with Gasteiger partial charge in [0.25, 0.3) is 0 Å². The maximum atomic E-state index is 12.9. The van der Waals surface area contributed by atoms with Crippen LogP contribution in [-0.2, 0) is 18.0 Å². The van der Waals surface area contributed by atoms with Crippen molar-refractivity contribution in [1.82, 2.24) is 9.97 Å². The summed E-state index contributed by atoms with van der Waals surface area (Å²) in [6.45, 7) is 4.41. The molecule has 0 aliphatic carbocycles. The minimum absolute atomic E-state index is 0.100. The van der Waals surface area contributed by atoms with Gasteiger partial charge in [-0.2, -0.15) is 0 Å². The van der Waals surface area contributed by atoms with E-state index in [9.17, 15) is 9.18 Å². The van der Waals surface area contributed by atoms with E-state index >= 15 is 0 Å². The van der Waals surface area contributed by atoms with Gasteiger partial charge in [-0.3, -0.25) is 0 Å². The summed E-state index contributed by atoms with van der Waals surface area (Å²) < 4.78 is 24.0. The van der Waals surface area contributed by atoms with E-state index in [4.69, 9.17) is 9.47 Å². The van der Waals surface area contributed by atoms with E-state index in [2.05, 4.69) is 9.97 Å². The van der Waals surface area contributed by atoms with E-state index in [1.54, 1.807) is 24.3 Å². The number of benzene rings is 2. The average molecular weight is 380 g/mol. The van der Waals surface area contributed by atoms with Gasteiger partial charge in [0.15, 0.2) is 0 Å². The molecule has 1 heterocycles. The Labute approximate surface area is 163 Å². The standard InChI is InChI=1S/C22H21FN2O3/c1-15(2)21-20(11-24-14-25-21)22(26)28-13-17-5-9-19(10-6-17)27-12-16-3-7-18(23)8-4-16/h3-11,14-15H,12-13H2,1-2H3. The van der Waals surface area contributed by atoms with Crippen LogP contribution in [0.15, 0.2) is 61.1 Å². The Morgan fingerprint density at radius 3 is 2.32 bits per heavy atom. The van der Waals surface area contributed by atoms with Gasteiger partial charge in [0, 0.05) is 6.20 Å². The normalized spacial score (nSPS) is 10.7. The van der Waals surface area contributed by atoms with Crippen LogP contribution in [0.3, 0.4) is 0 Å². The van der Waals surface area contributed by atoms with E-state index in [0.717, 1.165) is 11.1 Å². The van der Waals surface area contributed by atoms with E-state index in [1.165, 1.54) is 24.7 Å². The van der Waals surface area contributed by atoms with Crippen LogP contribution in [0.25, 0.3) is 0 Å². The summed E-state index contributed by atoms with van der Waals surface area (Å²) in [5.41, 5.74) is 2.78. The molecular formula is C22H21FN2O3. The fraction of sp³-hybridized carbons (Fsp3) is 0.227. The van der Waals surface area contributed by atoms with Crippen molar-refractivity contribution in [2.75, 3.05) is 0 Å². The van der Waals surface area contributed by atoms with Gasteiger partial charge in [-0.05, 0) is 41.3 Å². The monoisotopic (exact) mass is 380 g/mol. The second kappa shape index (κ2) is 9.08. The van der Waals surface area contributed by atoms with Crippen LogP contribution in [-0.4, -0.2) is 15.9 Å². The molecule has 5 nitrogen and oxygen atoms in total. The lowest BCUT2D eigenvalue weighted by molar-refractivity contribution is 0.0469. The Bertz CT molecular complexity index is 925. The topological polar surface area (TPSA) is 61.3 Å². The van der Waals surface area contributed by atoms with E-state index in [-0.39, 0.29) is 18.3 Å². The number of halogens is 1. The molecule has 0 spiro atoms.